The molecule has 0 radical (unpaired) electrons. The minimum absolute atomic E-state index is 0.161. The molecule has 0 saturated carbocycles. The summed E-state index contributed by atoms with van der Waals surface area (Å²) in [7, 11) is 0. The second-order valence-corrected chi connectivity index (χ2v) is 8.58. The van der Waals surface area contributed by atoms with Crippen LogP contribution in [0.1, 0.15) is 55.6 Å². The molecule has 2 N–H and O–H groups in total. The number of halogens is 2. The SMILES string of the molecule is CCCCCCc1cc(-c2cc(Cl)sc2Cl)nc2oc(C(C)=O)c(N)c12. The number of ketones is 1. The number of carbonyl (C=O) groups is 1. The first-order chi connectivity index (χ1) is 12.4. The maximum Gasteiger partial charge on any atom is 0.229 e. The molecule has 0 unspecified atom stereocenters. The highest BCUT2D eigenvalue weighted by Crippen LogP contribution is 2.40. The fourth-order valence-electron chi connectivity index (χ4n) is 3.05. The van der Waals surface area contributed by atoms with Crippen LogP contribution in [0.3, 0.4) is 0 Å². The average Bonchev–Trinajstić information content (AvgIpc) is 3.10. The van der Waals surface area contributed by atoms with E-state index in [-0.39, 0.29) is 11.5 Å². The Kier molecular flexibility index (Phi) is 5.90. The minimum Gasteiger partial charge on any atom is -0.432 e. The zero-order valence-corrected chi connectivity index (χ0v) is 17.0. The summed E-state index contributed by atoms with van der Waals surface area (Å²) in [6.45, 7) is 3.61. The van der Waals surface area contributed by atoms with Gasteiger partial charge in [0, 0.05) is 12.5 Å². The van der Waals surface area contributed by atoms with Gasteiger partial charge in [0.15, 0.2) is 11.5 Å². The van der Waals surface area contributed by atoms with E-state index in [1.54, 1.807) is 6.07 Å². The van der Waals surface area contributed by atoms with Crippen molar-refractivity contribution in [2.45, 2.75) is 46.0 Å². The fourth-order valence-corrected chi connectivity index (χ4v) is 4.53. The van der Waals surface area contributed by atoms with Crippen LogP contribution in [0, 0.1) is 0 Å². The molecule has 138 valence electrons. The van der Waals surface area contributed by atoms with E-state index in [2.05, 4.69) is 11.9 Å². The van der Waals surface area contributed by atoms with Crippen molar-refractivity contribution in [3.05, 3.63) is 32.1 Å². The van der Waals surface area contributed by atoms with Gasteiger partial charge in [0.05, 0.1) is 21.1 Å². The molecule has 26 heavy (non-hydrogen) atoms. The number of rotatable bonds is 7. The van der Waals surface area contributed by atoms with Crippen LogP contribution in [0.4, 0.5) is 5.69 Å². The van der Waals surface area contributed by atoms with Crippen molar-refractivity contribution in [1.82, 2.24) is 4.98 Å². The number of anilines is 1. The van der Waals surface area contributed by atoms with E-state index in [4.69, 9.17) is 33.4 Å². The molecule has 3 heterocycles. The second kappa shape index (κ2) is 7.99. The highest BCUT2D eigenvalue weighted by atomic mass is 35.5. The summed E-state index contributed by atoms with van der Waals surface area (Å²) in [4.78, 5) is 16.4. The first-order valence-corrected chi connectivity index (χ1v) is 10.2. The van der Waals surface area contributed by atoms with Gasteiger partial charge in [0.25, 0.3) is 0 Å². The smallest absolute Gasteiger partial charge is 0.229 e. The van der Waals surface area contributed by atoms with Gasteiger partial charge in [-0.15, -0.1) is 11.3 Å². The first kappa shape index (κ1) is 19.2. The minimum atomic E-state index is -0.212. The van der Waals surface area contributed by atoms with Gasteiger partial charge < -0.3 is 10.2 Å². The van der Waals surface area contributed by atoms with Gasteiger partial charge in [-0.3, -0.25) is 4.79 Å². The molecule has 0 aliphatic heterocycles. The number of fused-ring (bicyclic) bond motifs is 1. The molecule has 0 spiro atoms. The lowest BCUT2D eigenvalue weighted by molar-refractivity contribution is 0.0990. The van der Waals surface area contributed by atoms with Gasteiger partial charge in [0.2, 0.25) is 5.71 Å². The number of nitrogens with zero attached hydrogens (tertiary/aromatic N) is 1. The third-order valence-corrected chi connectivity index (χ3v) is 5.82. The number of unbranched alkanes of at least 4 members (excludes halogenated alkanes) is 3. The molecule has 7 heteroatoms. The summed E-state index contributed by atoms with van der Waals surface area (Å²) in [6.07, 6.45) is 5.36. The Morgan fingerprint density at radius 2 is 2.04 bits per heavy atom. The lowest BCUT2D eigenvalue weighted by Gasteiger charge is -2.07. The molecule has 0 bridgehead atoms. The highest BCUT2D eigenvalue weighted by molar-refractivity contribution is 7.20. The Balaban J connectivity index is 2.13. The zero-order valence-electron chi connectivity index (χ0n) is 14.7. The Hall–Kier alpha value is -1.56. The number of carbonyl (C=O) groups excluding carboxylic acids is 1. The summed E-state index contributed by atoms with van der Waals surface area (Å²) in [5.74, 6) is -0.0514. The summed E-state index contributed by atoms with van der Waals surface area (Å²) in [6, 6.07) is 3.77. The van der Waals surface area contributed by atoms with Gasteiger partial charge in [-0.1, -0.05) is 49.4 Å². The summed E-state index contributed by atoms with van der Waals surface area (Å²) >= 11 is 13.7. The summed E-state index contributed by atoms with van der Waals surface area (Å²) in [5.41, 5.74) is 9.39. The average molecular weight is 411 g/mol. The molecule has 0 aliphatic rings. The van der Waals surface area contributed by atoms with E-state index in [0.29, 0.717) is 25.8 Å². The van der Waals surface area contributed by atoms with Crippen molar-refractivity contribution in [3.8, 4) is 11.3 Å². The molecular formula is C19H20Cl2N2O2S. The zero-order chi connectivity index (χ0) is 18.8. The maximum atomic E-state index is 11.8. The number of Topliss-reactive ketones (excluding diaryl/α,β-unsaturated/α-hetero) is 1. The molecule has 3 rings (SSSR count). The third-order valence-electron chi connectivity index (χ3n) is 4.33. The number of thiophene rings is 1. The van der Waals surface area contributed by atoms with Crippen LogP contribution in [0.5, 0.6) is 0 Å². The quantitative estimate of drug-likeness (QED) is 0.344. The second-order valence-electron chi connectivity index (χ2n) is 6.30. The molecule has 3 aromatic heterocycles. The molecular weight excluding hydrogens is 391 g/mol. The lowest BCUT2D eigenvalue weighted by Crippen LogP contribution is -1.97. The Bertz CT molecular complexity index is 962. The predicted molar refractivity (Wildman–Crippen MR) is 110 cm³/mol. The van der Waals surface area contributed by atoms with E-state index < -0.39 is 0 Å². The number of nitrogen functional groups attached to an aromatic ring is 1. The van der Waals surface area contributed by atoms with Crippen LogP contribution in [0.2, 0.25) is 8.67 Å². The molecule has 0 saturated heterocycles. The fraction of sp³-hybridized carbons (Fsp3) is 0.368. The van der Waals surface area contributed by atoms with Crippen molar-refractivity contribution >= 4 is 57.1 Å². The van der Waals surface area contributed by atoms with Crippen molar-refractivity contribution in [1.29, 1.82) is 0 Å². The molecule has 0 fully saturated rings. The normalized spacial score (nSPS) is 11.4. The van der Waals surface area contributed by atoms with Crippen molar-refractivity contribution in [2.24, 2.45) is 0 Å². The van der Waals surface area contributed by atoms with Crippen LogP contribution >= 0.6 is 34.5 Å². The molecule has 0 atom stereocenters. The van der Waals surface area contributed by atoms with Crippen molar-refractivity contribution in [2.75, 3.05) is 5.73 Å². The third kappa shape index (κ3) is 3.75. The monoisotopic (exact) mass is 410 g/mol. The van der Waals surface area contributed by atoms with Crippen LogP contribution in [-0.2, 0) is 6.42 Å². The topological polar surface area (TPSA) is 69.1 Å². The van der Waals surface area contributed by atoms with E-state index in [0.717, 1.165) is 35.8 Å². The summed E-state index contributed by atoms with van der Waals surface area (Å²) < 4.78 is 6.85. The van der Waals surface area contributed by atoms with Gasteiger partial charge in [-0.25, -0.2) is 4.98 Å². The number of aromatic nitrogens is 1. The highest BCUT2D eigenvalue weighted by Gasteiger charge is 2.21. The van der Waals surface area contributed by atoms with Crippen molar-refractivity contribution < 1.29 is 9.21 Å². The number of hydrogen-bond donors (Lipinski definition) is 1. The number of pyridine rings is 1. The van der Waals surface area contributed by atoms with Gasteiger partial charge in [-0.2, -0.15) is 0 Å². The van der Waals surface area contributed by atoms with E-state index in [9.17, 15) is 4.79 Å². The molecule has 4 nitrogen and oxygen atoms in total. The van der Waals surface area contributed by atoms with Crippen LogP contribution in [-0.4, -0.2) is 10.8 Å². The summed E-state index contributed by atoms with van der Waals surface area (Å²) in [5, 5.41) is 0.730. The first-order valence-electron chi connectivity index (χ1n) is 8.60. The number of furan rings is 1. The Morgan fingerprint density at radius 3 is 2.65 bits per heavy atom. The Morgan fingerprint density at radius 1 is 1.27 bits per heavy atom. The molecule has 0 aromatic carbocycles. The van der Waals surface area contributed by atoms with Gasteiger partial charge in [0.1, 0.15) is 4.34 Å². The van der Waals surface area contributed by atoms with E-state index >= 15 is 0 Å². The van der Waals surface area contributed by atoms with E-state index in [1.165, 1.54) is 31.1 Å². The largest absolute Gasteiger partial charge is 0.432 e. The lowest BCUT2D eigenvalue weighted by atomic mass is 10.0. The molecule has 0 amide bonds. The van der Waals surface area contributed by atoms with Crippen LogP contribution in [0.25, 0.3) is 22.4 Å². The number of aryl methyl sites for hydroxylation is 1. The molecule has 0 aliphatic carbocycles. The van der Waals surface area contributed by atoms with Crippen LogP contribution < -0.4 is 5.73 Å². The molecule has 3 aromatic rings. The standard InChI is InChI=1S/C19H20Cl2N2O2S/c1-3-4-5-6-7-11-8-13(12-9-14(20)26-18(12)21)23-19-15(11)16(22)17(25-19)10(2)24/h8-9H,3-7,22H2,1-2H3. The maximum absolute atomic E-state index is 11.8. The van der Waals surface area contributed by atoms with Crippen LogP contribution in [0.15, 0.2) is 16.5 Å². The van der Waals surface area contributed by atoms with Crippen molar-refractivity contribution in [3.63, 3.8) is 0 Å². The Labute approximate surface area is 166 Å². The predicted octanol–water partition coefficient (Wildman–Crippen LogP) is 6.77. The van der Waals surface area contributed by atoms with Gasteiger partial charge in [-0.05, 0) is 30.5 Å². The van der Waals surface area contributed by atoms with E-state index in [1.807, 2.05) is 6.07 Å². The number of hydrogen-bond acceptors (Lipinski definition) is 5. The van der Waals surface area contributed by atoms with Gasteiger partial charge >= 0.3 is 0 Å². The number of nitrogens with two attached hydrogens (primary N) is 1.